The molecular formula is C49H28N4O. The number of rotatable bonds is 3. The molecule has 0 saturated heterocycles. The minimum absolute atomic E-state index is 0.559. The van der Waals surface area contributed by atoms with E-state index in [4.69, 9.17) is 19.4 Å². The summed E-state index contributed by atoms with van der Waals surface area (Å²) in [7, 11) is 0. The van der Waals surface area contributed by atoms with Crippen LogP contribution in [-0.2, 0) is 0 Å². The maximum atomic E-state index is 6.35. The summed E-state index contributed by atoms with van der Waals surface area (Å²) in [6.45, 7) is 0. The first-order valence-electron chi connectivity index (χ1n) is 18.2. The highest BCUT2D eigenvalue weighted by atomic mass is 16.3. The second kappa shape index (κ2) is 11.1. The van der Waals surface area contributed by atoms with Crippen LogP contribution < -0.4 is 0 Å². The third-order valence-electron chi connectivity index (χ3n) is 11.0. The standard InChI is InChI=1S/C49H28N4O/c1-2-14-31-28-32(25-24-29(31)12-1)47-50-48(39-21-11-23-42-43(39)38-20-9-10-22-41(38)54-42)52-49(51-47)53-40-27-26-30-13-3-4-15-33(30)44(40)45-36-18-7-5-16-34(36)35-17-6-8-19-37(35)46(45)53/h1-28H. The van der Waals surface area contributed by atoms with Crippen LogP contribution >= 0.6 is 0 Å². The molecule has 0 spiro atoms. The van der Waals surface area contributed by atoms with Gasteiger partial charge in [0.2, 0.25) is 5.95 Å². The van der Waals surface area contributed by atoms with Crippen LogP contribution in [0.4, 0.5) is 0 Å². The van der Waals surface area contributed by atoms with Gasteiger partial charge in [0.25, 0.3) is 0 Å². The third kappa shape index (κ3) is 4.12. The Hall–Kier alpha value is -7.37. The Kier molecular flexibility index (Phi) is 5.99. The van der Waals surface area contributed by atoms with E-state index < -0.39 is 0 Å². The number of aromatic nitrogens is 4. The zero-order chi connectivity index (χ0) is 35.3. The Morgan fingerprint density at radius 1 is 0.389 bits per heavy atom. The maximum absolute atomic E-state index is 6.35. The molecule has 0 aliphatic carbocycles. The molecule has 0 N–H and O–H groups in total. The van der Waals surface area contributed by atoms with Gasteiger partial charge in [-0.3, -0.25) is 4.57 Å². The average molecular weight is 689 g/mol. The SMILES string of the molecule is c1ccc2cc(-c3nc(-c4cccc5oc6ccccc6c45)nc(-n4c5ccc6ccccc6c5c5c6ccccc6c6ccccc6c54)n3)ccc2c1. The number of nitrogens with zero attached hydrogens (tertiary/aromatic N) is 4. The van der Waals surface area contributed by atoms with Crippen molar-refractivity contribution in [2.24, 2.45) is 0 Å². The van der Waals surface area contributed by atoms with Gasteiger partial charge in [-0.05, 0) is 62.0 Å². The number of benzene rings is 9. The molecule has 0 aliphatic heterocycles. The summed E-state index contributed by atoms with van der Waals surface area (Å²) in [5.74, 6) is 1.75. The minimum atomic E-state index is 0.559. The van der Waals surface area contributed by atoms with Gasteiger partial charge in [0.1, 0.15) is 11.2 Å². The predicted octanol–water partition coefficient (Wildman–Crippen LogP) is 12.8. The van der Waals surface area contributed by atoms with Crippen LogP contribution in [0.3, 0.4) is 0 Å². The van der Waals surface area contributed by atoms with Crippen LogP contribution in [-0.4, -0.2) is 19.5 Å². The second-order valence-electron chi connectivity index (χ2n) is 14.0. The van der Waals surface area contributed by atoms with Crippen molar-refractivity contribution in [1.82, 2.24) is 19.5 Å². The van der Waals surface area contributed by atoms with Crippen molar-refractivity contribution in [2.75, 3.05) is 0 Å². The summed E-state index contributed by atoms with van der Waals surface area (Å²) in [6.07, 6.45) is 0. The fourth-order valence-electron chi connectivity index (χ4n) is 8.65. The number of hydrogen-bond acceptors (Lipinski definition) is 4. The number of fused-ring (bicyclic) bond motifs is 14. The summed E-state index contributed by atoms with van der Waals surface area (Å²) in [4.78, 5) is 16.1. The van der Waals surface area contributed by atoms with Gasteiger partial charge in [0, 0.05) is 38.1 Å². The normalized spacial score (nSPS) is 12.1. The van der Waals surface area contributed by atoms with Gasteiger partial charge in [-0.15, -0.1) is 0 Å². The molecule has 0 bridgehead atoms. The fourth-order valence-corrected chi connectivity index (χ4v) is 8.65. The summed E-state index contributed by atoms with van der Waals surface area (Å²) >= 11 is 0. The first kappa shape index (κ1) is 29.2. The quantitative estimate of drug-likeness (QED) is 0.173. The van der Waals surface area contributed by atoms with Crippen LogP contribution in [0, 0.1) is 0 Å². The molecule has 0 radical (unpaired) electrons. The van der Waals surface area contributed by atoms with E-state index in [1.807, 2.05) is 30.3 Å². The van der Waals surface area contributed by atoms with E-state index in [0.29, 0.717) is 17.6 Å². The topological polar surface area (TPSA) is 56.7 Å². The van der Waals surface area contributed by atoms with Crippen LogP contribution in [0.2, 0.25) is 0 Å². The lowest BCUT2D eigenvalue weighted by atomic mass is 9.95. The first-order valence-corrected chi connectivity index (χ1v) is 18.2. The lowest BCUT2D eigenvalue weighted by molar-refractivity contribution is 0.669. The van der Waals surface area contributed by atoms with Crippen LogP contribution in [0.1, 0.15) is 0 Å². The van der Waals surface area contributed by atoms with Gasteiger partial charge in [-0.1, -0.05) is 146 Å². The molecule has 0 saturated carbocycles. The molecule has 3 heterocycles. The fraction of sp³-hybridized carbons (Fsp3) is 0. The lowest BCUT2D eigenvalue weighted by Crippen LogP contribution is -2.07. The molecule has 5 nitrogen and oxygen atoms in total. The van der Waals surface area contributed by atoms with Crippen LogP contribution in [0.25, 0.3) is 116 Å². The van der Waals surface area contributed by atoms with Crippen molar-refractivity contribution >= 4 is 86.8 Å². The van der Waals surface area contributed by atoms with Gasteiger partial charge in [0.05, 0.1) is 11.0 Å². The Bertz CT molecular complexity index is 3520. The largest absolute Gasteiger partial charge is 0.456 e. The molecule has 0 amide bonds. The summed E-state index contributed by atoms with van der Waals surface area (Å²) in [5, 5.41) is 13.8. The molecule has 0 unspecified atom stereocenters. The third-order valence-corrected chi connectivity index (χ3v) is 11.0. The van der Waals surface area contributed by atoms with E-state index in [0.717, 1.165) is 60.3 Å². The molecule has 9 aromatic carbocycles. The molecular weight excluding hydrogens is 661 g/mol. The summed E-state index contributed by atoms with van der Waals surface area (Å²) < 4.78 is 8.62. The van der Waals surface area contributed by atoms with E-state index in [2.05, 4.69) is 144 Å². The lowest BCUT2D eigenvalue weighted by Gasteiger charge is -2.13. The highest BCUT2D eigenvalue weighted by Gasteiger charge is 2.24. The molecule has 0 atom stereocenters. The minimum Gasteiger partial charge on any atom is -0.456 e. The van der Waals surface area contributed by atoms with Crippen molar-refractivity contribution in [2.45, 2.75) is 0 Å². The Morgan fingerprint density at radius 3 is 1.87 bits per heavy atom. The van der Waals surface area contributed by atoms with Gasteiger partial charge in [-0.2, -0.15) is 9.97 Å². The zero-order valence-corrected chi connectivity index (χ0v) is 28.9. The predicted molar refractivity (Wildman–Crippen MR) is 222 cm³/mol. The van der Waals surface area contributed by atoms with Crippen molar-refractivity contribution in [3.05, 3.63) is 170 Å². The van der Waals surface area contributed by atoms with E-state index in [1.54, 1.807) is 0 Å². The van der Waals surface area contributed by atoms with Crippen molar-refractivity contribution < 1.29 is 4.42 Å². The number of furan rings is 1. The molecule has 0 aliphatic rings. The van der Waals surface area contributed by atoms with Gasteiger partial charge >= 0.3 is 0 Å². The summed E-state index contributed by atoms with van der Waals surface area (Å²) in [6, 6.07) is 59.7. The molecule has 3 aromatic heterocycles. The average Bonchev–Trinajstić information content (AvgIpc) is 3.80. The smallest absolute Gasteiger partial charge is 0.238 e. The molecule has 5 heteroatoms. The van der Waals surface area contributed by atoms with E-state index in [-0.39, 0.29) is 0 Å². The zero-order valence-electron chi connectivity index (χ0n) is 28.9. The van der Waals surface area contributed by atoms with E-state index >= 15 is 0 Å². The highest BCUT2D eigenvalue weighted by Crippen LogP contribution is 2.45. The van der Waals surface area contributed by atoms with Crippen LogP contribution in [0.5, 0.6) is 0 Å². The Balaban J connectivity index is 1.27. The van der Waals surface area contributed by atoms with Gasteiger partial charge in [0.15, 0.2) is 11.6 Å². The van der Waals surface area contributed by atoms with Crippen molar-refractivity contribution in [3.8, 4) is 28.7 Å². The van der Waals surface area contributed by atoms with E-state index in [1.165, 1.54) is 37.7 Å². The van der Waals surface area contributed by atoms with Crippen LogP contribution in [0.15, 0.2) is 174 Å². The van der Waals surface area contributed by atoms with Crippen molar-refractivity contribution in [1.29, 1.82) is 0 Å². The molecule has 12 aromatic rings. The second-order valence-corrected chi connectivity index (χ2v) is 14.0. The maximum Gasteiger partial charge on any atom is 0.238 e. The van der Waals surface area contributed by atoms with Crippen molar-refractivity contribution in [3.63, 3.8) is 0 Å². The molecule has 54 heavy (non-hydrogen) atoms. The molecule has 250 valence electrons. The highest BCUT2D eigenvalue weighted by molar-refractivity contribution is 6.35. The Labute approximate surface area is 308 Å². The van der Waals surface area contributed by atoms with Gasteiger partial charge in [-0.25, -0.2) is 4.98 Å². The molecule has 0 fully saturated rings. The first-order chi connectivity index (χ1) is 26.8. The molecule has 12 rings (SSSR count). The van der Waals surface area contributed by atoms with Gasteiger partial charge < -0.3 is 4.42 Å². The van der Waals surface area contributed by atoms with E-state index in [9.17, 15) is 0 Å². The monoisotopic (exact) mass is 688 g/mol. The summed E-state index contributed by atoms with van der Waals surface area (Å²) in [5.41, 5.74) is 5.55. The number of para-hydroxylation sites is 1. The Morgan fingerprint density at radius 2 is 1.02 bits per heavy atom. The number of hydrogen-bond donors (Lipinski definition) is 0.